The summed E-state index contributed by atoms with van der Waals surface area (Å²) in [6.45, 7) is 12.0. The van der Waals surface area contributed by atoms with Crippen molar-refractivity contribution in [1.29, 1.82) is 0 Å². The fourth-order valence-corrected chi connectivity index (χ4v) is 2.78. The van der Waals surface area contributed by atoms with E-state index >= 15 is 0 Å². The Labute approximate surface area is 158 Å². The van der Waals surface area contributed by atoms with Crippen molar-refractivity contribution in [3.63, 3.8) is 0 Å². The van der Waals surface area contributed by atoms with Gasteiger partial charge in [0.15, 0.2) is 0 Å². The van der Waals surface area contributed by atoms with Crippen LogP contribution in [0.25, 0.3) is 0 Å². The molecule has 140 valence electrons. The molecule has 0 aliphatic rings. The first-order valence-electron chi connectivity index (χ1n) is 9.30. The zero-order valence-electron chi connectivity index (χ0n) is 17.0. The molecule has 0 fully saturated rings. The fourth-order valence-electron chi connectivity index (χ4n) is 2.78. The average molecular weight is 353 g/mol. The van der Waals surface area contributed by atoms with Gasteiger partial charge in [0.2, 0.25) is 5.91 Å². The summed E-state index contributed by atoms with van der Waals surface area (Å²) in [6, 6.07) is 16.8. The Morgan fingerprint density at radius 3 is 2.08 bits per heavy atom. The van der Waals surface area contributed by atoms with Crippen molar-refractivity contribution in [2.75, 3.05) is 7.05 Å². The van der Waals surface area contributed by atoms with Gasteiger partial charge in [0.1, 0.15) is 0 Å². The van der Waals surface area contributed by atoms with Crippen LogP contribution < -0.4 is 5.32 Å². The zero-order valence-corrected chi connectivity index (χ0v) is 17.0. The smallest absolute Gasteiger partial charge is 0.237 e. The Kier molecular flexibility index (Phi) is 6.60. The molecule has 26 heavy (non-hydrogen) atoms. The number of hydrogen-bond acceptors (Lipinski definition) is 2. The van der Waals surface area contributed by atoms with Crippen molar-refractivity contribution in [3.8, 4) is 0 Å². The van der Waals surface area contributed by atoms with Crippen LogP contribution in [0.15, 0.2) is 48.5 Å². The highest BCUT2D eigenvalue weighted by Gasteiger charge is 2.18. The van der Waals surface area contributed by atoms with Gasteiger partial charge in [-0.1, -0.05) is 74.9 Å². The summed E-state index contributed by atoms with van der Waals surface area (Å²) < 4.78 is 0. The van der Waals surface area contributed by atoms with Crippen LogP contribution in [-0.4, -0.2) is 23.9 Å². The molecule has 1 amide bonds. The molecule has 0 aliphatic heterocycles. The van der Waals surface area contributed by atoms with Crippen molar-refractivity contribution in [1.82, 2.24) is 10.2 Å². The van der Waals surface area contributed by atoms with E-state index in [0.29, 0.717) is 6.54 Å². The lowest BCUT2D eigenvalue weighted by Gasteiger charge is -2.25. The zero-order chi connectivity index (χ0) is 19.3. The van der Waals surface area contributed by atoms with Crippen LogP contribution in [0.1, 0.15) is 49.9 Å². The van der Waals surface area contributed by atoms with E-state index < -0.39 is 0 Å². The summed E-state index contributed by atoms with van der Waals surface area (Å²) in [6.07, 6.45) is 0. The van der Waals surface area contributed by atoms with E-state index in [2.05, 4.69) is 86.4 Å². The monoisotopic (exact) mass is 352 g/mol. The largest absolute Gasteiger partial charge is 0.351 e. The lowest BCUT2D eigenvalue weighted by Crippen LogP contribution is -2.42. The molecule has 2 aromatic carbocycles. The maximum Gasteiger partial charge on any atom is 0.237 e. The van der Waals surface area contributed by atoms with Crippen LogP contribution in [-0.2, 0) is 23.3 Å². The molecule has 0 heterocycles. The SMILES string of the molecule is Cc1ccc(CNC(=O)C(C)N(C)Cc2ccc(C(C)(C)C)cc2)cc1. The van der Waals surface area contributed by atoms with Gasteiger partial charge in [-0.3, -0.25) is 9.69 Å². The highest BCUT2D eigenvalue weighted by Crippen LogP contribution is 2.22. The minimum atomic E-state index is -0.178. The summed E-state index contributed by atoms with van der Waals surface area (Å²) in [5, 5.41) is 3.03. The number of amides is 1. The Hall–Kier alpha value is -2.13. The van der Waals surface area contributed by atoms with Gasteiger partial charge in [-0.15, -0.1) is 0 Å². The Morgan fingerprint density at radius 2 is 1.54 bits per heavy atom. The number of carbonyl (C=O) groups is 1. The molecule has 0 saturated heterocycles. The predicted molar refractivity (Wildman–Crippen MR) is 109 cm³/mol. The standard InChI is InChI=1S/C23H32N2O/c1-17-7-9-19(10-8-17)15-24-22(26)18(2)25(6)16-20-11-13-21(14-12-20)23(3,4)5/h7-14,18H,15-16H2,1-6H3,(H,24,26). The van der Waals surface area contributed by atoms with Gasteiger partial charge in [0.25, 0.3) is 0 Å². The van der Waals surface area contributed by atoms with Crippen molar-refractivity contribution < 1.29 is 4.79 Å². The van der Waals surface area contributed by atoms with Gasteiger partial charge in [0.05, 0.1) is 6.04 Å². The number of aryl methyl sites for hydroxylation is 1. The molecule has 0 saturated carbocycles. The number of rotatable bonds is 6. The summed E-state index contributed by atoms with van der Waals surface area (Å²) in [4.78, 5) is 14.5. The third-order valence-electron chi connectivity index (χ3n) is 4.88. The van der Waals surface area contributed by atoms with Crippen LogP contribution in [0.4, 0.5) is 0 Å². The molecule has 0 bridgehead atoms. The third-order valence-corrected chi connectivity index (χ3v) is 4.88. The summed E-state index contributed by atoms with van der Waals surface area (Å²) >= 11 is 0. The maximum absolute atomic E-state index is 12.4. The average Bonchev–Trinajstić information content (AvgIpc) is 2.60. The Bertz CT molecular complexity index is 711. The first-order valence-corrected chi connectivity index (χ1v) is 9.30. The van der Waals surface area contributed by atoms with Crippen LogP contribution >= 0.6 is 0 Å². The lowest BCUT2D eigenvalue weighted by atomic mass is 9.87. The van der Waals surface area contributed by atoms with Crippen molar-refractivity contribution in [2.24, 2.45) is 0 Å². The molecule has 0 radical (unpaired) electrons. The molecule has 1 unspecified atom stereocenters. The normalized spacial score (nSPS) is 12.9. The molecular formula is C23H32N2O. The summed E-state index contributed by atoms with van der Waals surface area (Å²) in [5.74, 6) is 0.0550. The Balaban J connectivity index is 1.88. The third kappa shape index (κ3) is 5.70. The lowest BCUT2D eigenvalue weighted by molar-refractivity contribution is -0.125. The van der Waals surface area contributed by atoms with Crippen LogP contribution in [0.2, 0.25) is 0 Å². The molecule has 1 N–H and O–H groups in total. The number of nitrogens with zero attached hydrogens (tertiary/aromatic N) is 1. The van der Waals surface area contributed by atoms with Gasteiger partial charge in [-0.05, 0) is 43.0 Å². The molecule has 0 aromatic heterocycles. The second-order valence-electron chi connectivity index (χ2n) is 8.24. The second-order valence-corrected chi connectivity index (χ2v) is 8.24. The van der Waals surface area contributed by atoms with E-state index in [4.69, 9.17) is 0 Å². The molecule has 1 atom stereocenters. The minimum absolute atomic E-state index is 0.0550. The highest BCUT2D eigenvalue weighted by molar-refractivity contribution is 5.81. The maximum atomic E-state index is 12.4. The van der Waals surface area contributed by atoms with Gasteiger partial charge in [0, 0.05) is 13.1 Å². The fraction of sp³-hybridized carbons (Fsp3) is 0.435. The van der Waals surface area contributed by atoms with Gasteiger partial charge < -0.3 is 5.32 Å². The molecule has 2 rings (SSSR count). The van der Waals surface area contributed by atoms with E-state index in [1.54, 1.807) is 0 Å². The van der Waals surface area contributed by atoms with E-state index in [1.807, 2.05) is 14.0 Å². The molecule has 3 heteroatoms. The van der Waals surface area contributed by atoms with E-state index in [0.717, 1.165) is 12.1 Å². The molecule has 3 nitrogen and oxygen atoms in total. The van der Waals surface area contributed by atoms with Gasteiger partial charge in [-0.2, -0.15) is 0 Å². The van der Waals surface area contributed by atoms with E-state index in [1.165, 1.54) is 16.7 Å². The summed E-state index contributed by atoms with van der Waals surface area (Å²) in [7, 11) is 1.99. The van der Waals surface area contributed by atoms with Crippen molar-refractivity contribution in [3.05, 3.63) is 70.8 Å². The van der Waals surface area contributed by atoms with Gasteiger partial charge in [-0.25, -0.2) is 0 Å². The molecule has 0 aliphatic carbocycles. The molecule has 2 aromatic rings. The van der Waals surface area contributed by atoms with Crippen LogP contribution in [0.3, 0.4) is 0 Å². The number of carbonyl (C=O) groups excluding carboxylic acids is 1. The quantitative estimate of drug-likeness (QED) is 0.834. The molecular weight excluding hydrogens is 320 g/mol. The van der Waals surface area contributed by atoms with E-state index in [-0.39, 0.29) is 17.4 Å². The molecule has 0 spiro atoms. The first kappa shape index (κ1) is 20.2. The number of benzene rings is 2. The highest BCUT2D eigenvalue weighted by atomic mass is 16.2. The van der Waals surface area contributed by atoms with Gasteiger partial charge >= 0.3 is 0 Å². The predicted octanol–water partition coefficient (Wildman–Crippen LogP) is 4.43. The Morgan fingerprint density at radius 1 is 1.00 bits per heavy atom. The van der Waals surface area contributed by atoms with Crippen molar-refractivity contribution >= 4 is 5.91 Å². The second kappa shape index (κ2) is 8.50. The summed E-state index contributed by atoms with van der Waals surface area (Å²) in [5.41, 5.74) is 5.06. The van der Waals surface area contributed by atoms with Crippen molar-refractivity contribution in [2.45, 2.75) is 59.2 Å². The van der Waals surface area contributed by atoms with Crippen LogP contribution in [0.5, 0.6) is 0 Å². The topological polar surface area (TPSA) is 32.3 Å². The van der Waals surface area contributed by atoms with Crippen LogP contribution in [0, 0.1) is 6.92 Å². The minimum Gasteiger partial charge on any atom is -0.351 e. The van der Waals surface area contributed by atoms with E-state index in [9.17, 15) is 4.79 Å². The number of likely N-dealkylation sites (N-methyl/N-ethyl adjacent to an activating group) is 1. The number of nitrogens with one attached hydrogen (secondary N) is 1. The number of hydrogen-bond donors (Lipinski definition) is 1. The first-order chi connectivity index (χ1) is 12.2.